The Labute approximate surface area is 193 Å². The topological polar surface area (TPSA) is 12.0 Å². The Morgan fingerprint density at radius 1 is 0.906 bits per heavy atom. The van der Waals surface area contributed by atoms with E-state index in [-0.39, 0.29) is 10.8 Å². The number of allylic oxidation sites excluding steroid dienone is 9. The first-order valence-corrected chi connectivity index (χ1v) is 11.7. The minimum atomic E-state index is -0.0130. The molecule has 0 amide bonds. The van der Waals surface area contributed by atoms with Crippen LogP contribution in [0.15, 0.2) is 101 Å². The van der Waals surface area contributed by atoms with Crippen LogP contribution in [-0.4, -0.2) is 0 Å². The highest BCUT2D eigenvalue weighted by Gasteiger charge is 2.38. The zero-order valence-corrected chi connectivity index (χ0v) is 20.0. The van der Waals surface area contributed by atoms with E-state index >= 15 is 0 Å². The van der Waals surface area contributed by atoms with Crippen molar-refractivity contribution in [2.45, 2.75) is 52.9 Å². The molecule has 3 aliphatic rings. The third kappa shape index (κ3) is 2.91. The highest BCUT2D eigenvalue weighted by atomic mass is 14.9. The van der Waals surface area contributed by atoms with Gasteiger partial charge in [0.25, 0.3) is 0 Å². The van der Waals surface area contributed by atoms with Gasteiger partial charge in [0.1, 0.15) is 0 Å². The van der Waals surface area contributed by atoms with Crippen molar-refractivity contribution in [3.05, 3.63) is 112 Å². The quantitative estimate of drug-likeness (QED) is 0.524. The molecule has 0 saturated heterocycles. The number of anilines is 1. The van der Waals surface area contributed by atoms with Crippen LogP contribution in [0.25, 0.3) is 11.1 Å². The molecule has 1 nitrogen and oxygen atoms in total. The molecular formula is C31H33N. The molecule has 0 spiro atoms. The second-order valence-corrected chi connectivity index (χ2v) is 10.3. The fraction of sp³-hybridized carbons (Fsp3) is 0.290. The largest absolute Gasteiger partial charge is 0.359 e. The van der Waals surface area contributed by atoms with Crippen LogP contribution in [0.2, 0.25) is 0 Å². The maximum atomic E-state index is 4.12. The van der Waals surface area contributed by atoms with Crippen LogP contribution in [0, 0.1) is 5.41 Å². The average Bonchev–Trinajstić information content (AvgIpc) is 3.13. The monoisotopic (exact) mass is 419 g/mol. The number of nitrogens with one attached hydrogen (secondary N) is 1. The fourth-order valence-corrected chi connectivity index (χ4v) is 6.00. The Kier molecular flexibility index (Phi) is 4.71. The number of hydrogen-bond donors (Lipinski definition) is 1. The smallest absolute Gasteiger partial charge is 0.0385 e. The molecule has 32 heavy (non-hydrogen) atoms. The summed E-state index contributed by atoms with van der Waals surface area (Å²) in [5.74, 6) is 0. The van der Waals surface area contributed by atoms with Crippen LogP contribution in [0.4, 0.5) is 5.69 Å². The van der Waals surface area contributed by atoms with Gasteiger partial charge in [-0.05, 0) is 82.5 Å². The minimum Gasteiger partial charge on any atom is -0.359 e. The molecule has 5 rings (SSSR count). The third-order valence-electron chi connectivity index (χ3n) is 7.68. The summed E-state index contributed by atoms with van der Waals surface area (Å²) in [6.45, 7) is 15.5. The van der Waals surface area contributed by atoms with Gasteiger partial charge in [0.05, 0.1) is 0 Å². The Hall–Kier alpha value is -3.06. The second-order valence-electron chi connectivity index (χ2n) is 10.3. The lowest BCUT2D eigenvalue weighted by atomic mass is 9.78. The SMILES string of the molecule is C=CC1=C(/C=C\C)C2=C(C=C(Nc3ccc4c(c3)C(C)(C)c3ccccc3-4)CC2)C1(C)C. The minimum absolute atomic E-state index is 0.0130. The van der Waals surface area contributed by atoms with Crippen LogP contribution in [0.1, 0.15) is 58.6 Å². The van der Waals surface area contributed by atoms with Crippen molar-refractivity contribution in [3.8, 4) is 11.1 Å². The molecule has 0 bridgehead atoms. The Bertz CT molecular complexity index is 1260. The summed E-state index contributed by atoms with van der Waals surface area (Å²) in [6.07, 6.45) is 10.9. The standard InChI is InChI=1S/C31H33N/c1-7-11-22-24-16-14-20(18-28(24)30(3,4)26(22)8-2)32-21-15-17-25-23-12-9-10-13-27(23)31(5,6)29(25)19-21/h7-13,15,17-19,32H,2,14,16H2,1,3-6H3/b11-7-. The van der Waals surface area contributed by atoms with Crippen molar-refractivity contribution in [2.24, 2.45) is 5.41 Å². The Balaban J connectivity index is 1.49. The van der Waals surface area contributed by atoms with Crippen molar-refractivity contribution in [1.29, 1.82) is 0 Å². The van der Waals surface area contributed by atoms with E-state index in [1.165, 1.54) is 55.9 Å². The van der Waals surface area contributed by atoms with E-state index in [0.29, 0.717) is 0 Å². The van der Waals surface area contributed by atoms with Gasteiger partial charge >= 0.3 is 0 Å². The summed E-state index contributed by atoms with van der Waals surface area (Å²) in [4.78, 5) is 0. The van der Waals surface area contributed by atoms with E-state index in [4.69, 9.17) is 0 Å². The summed E-state index contributed by atoms with van der Waals surface area (Å²) in [6, 6.07) is 15.7. The van der Waals surface area contributed by atoms with Crippen molar-refractivity contribution < 1.29 is 0 Å². The highest BCUT2D eigenvalue weighted by molar-refractivity contribution is 5.82. The molecule has 0 saturated carbocycles. The van der Waals surface area contributed by atoms with Crippen LogP contribution in [0.3, 0.4) is 0 Å². The predicted octanol–water partition coefficient (Wildman–Crippen LogP) is 8.48. The predicted molar refractivity (Wildman–Crippen MR) is 138 cm³/mol. The first-order valence-electron chi connectivity index (χ1n) is 11.7. The van der Waals surface area contributed by atoms with E-state index in [2.05, 4.69) is 113 Å². The molecule has 0 heterocycles. The first kappa shape index (κ1) is 20.8. The van der Waals surface area contributed by atoms with Gasteiger partial charge < -0.3 is 5.32 Å². The molecule has 0 atom stereocenters. The van der Waals surface area contributed by atoms with Gasteiger partial charge in [-0.3, -0.25) is 0 Å². The van der Waals surface area contributed by atoms with E-state index in [0.717, 1.165) is 12.8 Å². The third-order valence-corrected chi connectivity index (χ3v) is 7.68. The van der Waals surface area contributed by atoms with Crippen LogP contribution in [-0.2, 0) is 5.41 Å². The van der Waals surface area contributed by atoms with Crippen molar-refractivity contribution >= 4 is 5.69 Å². The van der Waals surface area contributed by atoms with Crippen molar-refractivity contribution in [2.75, 3.05) is 5.32 Å². The van der Waals surface area contributed by atoms with Gasteiger partial charge in [-0.25, -0.2) is 0 Å². The zero-order valence-electron chi connectivity index (χ0n) is 20.0. The maximum Gasteiger partial charge on any atom is 0.0385 e. The summed E-state index contributed by atoms with van der Waals surface area (Å²) >= 11 is 0. The molecule has 0 fully saturated rings. The van der Waals surface area contributed by atoms with Gasteiger partial charge in [-0.2, -0.15) is 0 Å². The maximum absolute atomic E-state index is 4.12. The molecule has 2 aromatic rings. The molecule has 0 unspecified atom stereocenters. The molecule has 3 aliphatic carbocycles. The number of hydrogen-bond acceptors (Lipinski definition) is 1. The van der Waals surface area contributed by atoms with Crippen LogP contribution < -0.4 is 5.32 Å². The number of benzene rings is 2. The normalized spacial score (nSPS) is 20.2. The Morgan fingerprint density at radius 3 is 2.41 bits per heavy atom. The molecule has 1 heteroatoms. The summed E-state index contributed by atoms with van der Waals surface area (Å²) < 4.78 is 0. The van der Waals surface area contributed by atoms with E-state index in [1.807, 2.05) is 0 Å². The van der Waals surface area contributed by atoms with E-state index in [1.54, 1.807) is 0 Å². The Morgan fingerprint density at radius 2 is 1.66 bits per heavy atom. The molecule has 0 aliphatic heterocycles. The number of fused-ring (bicyclic) bond motifs is 3. The lowest BCUT2D eigenvalue weighted by Crippen LogP contribution is -2.16. The molecule has 162 valence electrons. The van der Waals surface area contributed by atoms with Crippen LogP contribution >= 0.6 is 0 Å². The van der Waals surface area contributed by atoms with Gasteiger partial charge in [-0.15, -0.1) is 0 Å². The molecule has 0 aromatic heterocycles. The highest BCUT2D eigenvalue weighted by Crippen LogP contribution is 2.52. The lowest BCUT2D eigenvalue weighted by Gasteiger charge is -2.27. The molecular weight excluding hydrogens is 386 g/mol. The van der Waals surface area contributed by atoms with Crippen molar-refractivity contribution in [1.82, 2.24) is 0 Å². The first-order chi connectivity index (χ1) is 15.3. The molecule has 1 N–H and O–H groups in total. The summed E-state index contributed by atoms with van der Waals surface area (Å²) in [5.41, 5.74) is 13.7. The van der Waals surface area contributed by atoms with Crippen molar-refractivity contribution in [3.63, 3.8) is 0 Å². The molecule has 0 radical (unpaired) electrons. The summed E-state index contributed by atoms with van der Waals surface area (Å²) in [7, 11) is 0. The zero-order chi connectivity index (χ0) is 22.7. The summed E-state index contributed by atoms with van der Waals surface area (Å²) in [5, 5.41) is 3.77. The second kappa shape index (κ2) is 7.24. The van der Waals surface area contributed by atoms with Gasteiger partial charge in [-0.1, -0.05) is 82.8 Å². The molecule has 2 aromatic carbocycles. The van der Waals surface area contributed by atoms with Crippen LogP contribution in [0.5, 0.6) is 0 Å². The fourth-order valence-electron chi connectivity index (χ4n) is 6.00. The van der Waals surface area contributed by atoms with E-state index < -0.39 is 0 Å². The van der Waals surface area contributed by atoms with Gasteiger partial charge in [0.2, 0.25) is 0 Å². The van der Waals surface area contributed by atoms with Gasteiger partial charge in [0.15, 0.2) is 0 Å². The average molecular weight is 420 g/mol. The van der Waals surface area contributed by atoms with E-state index in [9.17, 15) is 0 Å². The number of rotatable bonds is 4. The lowest BCUT2D eigenvalue weighted by molar-refractivity contribution is 0.570. The van der Waals surface area contributed by atoms with Gasteiger partial charge in [0, 0.05) is 22.2 Å².